The third kappa shape index (κ3) is 4.62. The molecule has 0 atom stereocenters. The summed E-state index contributed by atoms with van der Waals surface area (Å²) in [6, 6.07) is 3.70. The van der Waals surface area contributed by atoms with E-state index in [1.54, 1.807) is 13.0 Å². The van der Waals surface area contributed by atoms with E-state index in [4.69, 9.17) is 23.2 Å². The standard InChI is InChI=1S/C14H19Cl2N3O/c1-10(20)17-8-11-4-6-19(7-5-11)9-12-2-3-13(15)18-14(12)16/h2-3,11H,4-9H2,1H3,(H,17,20). The predicted octanol–water partition coefficient (Wildman–Crippen LogP) is 2.74. The minimum Gasteiger partial charge on any atom is -0.356 e. The molecule has 4 nitrogen and oxygen atoms in total. The minimum absolute atomic E-state index is 0.0476. The Morgan fingerprint density at radius 1 is 1.40 bits per heavy atom. The second-order valence-electron chi connectivity index (χ2n) is 5.24. The van der Waals surface area contributed by atoms with E-state index in [9.17, 15) is 4.79 Å². The Bertz CT molecular complexity index is 473. The fourth-order valence-electron chi connectivity index (χ4n) is 2.44. The van der Waals surface area contributed by atoms with Crippen LogP contribution in [0.15, 0.2) is 12.1 Å². The monoisotopic (exact) mass is 315 g/mol. The molecule has 0 unspecified atom stereocenters. The molecule has 1 amide bonds. The molecular weight excluding hydrogens is 297 g/mol. The molecule has 1 aliphatic heterocycles. The summed E-state index contributed by atoms with van der Waals surface area (Å²) in [5, 5.41) is 3.80. The van der Waals surface area contributed by atoms with Gasteiger partial charge in [-0.15, -0.1) is 0 Å². The molecule has 20 heavy (non-hydrogen) atoms. The molecule has 0 aliphatic carbocycles. The van der Waals surface area contributed by atoms with Crippen LogP contribution in [0.4, 0.5) is 0 Å². The summed E-state index contributed by atoms with van der Waals surface area (Å²) >= 11 is 11.9. The zero-order valence-corrected chi connectivity index (χ0v) is 13.0. The van der Waals surface area contributed by atoms with Crippen LogP contribution < -0.4 is 5.32 Å². The highest BCUT2D eigenvalue weighted by atomic mass is 35.5. The highest BCUT2D eigenvalue weighted by Crippen LogP contribution is 2.22. The first-order valence-electron chi connectivity index (χ1n) is 6.82. The van der Waals surface area contributed by atoms with Gasteiger partial charge in [0.05, 0.1) is 0 Å². The van der Waals surface area contributed by atoms with Crippen molar-refractivity contribution in [2.75, 3.05) is 19.6 Å². The quantitative estimate of drug-likeness (QED) is 0.869. The largest absolute Gasteiger partial charge is 0.356 e. The zero-order chi connectivity index (χ0) is 14.5. The van der Waals surface area contributed by atoms with Gasteiger partial charge in [0.25, 0.3) is 0 Å². The van der Waals surface area contributed by atoms with Crippen molar-refractivity contribution < 1.29 is 4.79 Å². The molecule has 110 valence electrons. The number of piperidine rings is 1. The Hall–Kier alpha value is -0.840. The number of amides is 1. The number of halogens is 2. The van der Waals surface area contributed by atoms with E-state index in [0.29, 0.717) is 16.2 Å². The zero-order valence-electron chi connectivity index (χ0n) is 11.5. The molecule has 2 rings (SSSR count). The molecule has 1 N–H and O–H groups in total. The third-order valence-corrected chi connectivity index (χ3v) is 4.17. The van der Waals surface area contributed by atoms with Crippen molar-refractivity contribution in [2.45, 2.75) is 26.3 Å². The van der Waals surface area contributed by atoms with Crippen molar-refractivity contribution in [3.8, 4) is 0 Å². The molecule has 0 bridgehead atoms. The van der Waals surface area contributed by atoms with Gasteiger partial charge in [0, 0.05) is 25.6 Å². The molecule has 0 saturated carbocycles. The highest BCUT2D eigenvalue weighted by molar-refractivity contribution is 6.32. The van der Waals surface area contributed by atoms with Gasteiger partial charge in [-0.2, -0.15) is 0 Å². The van der Waals surface area contributed by atoms with Crippen LogP contribution >= 0.6 is 23.2 Å². The number of hydrogen-bond donors (Lipinski definition) is 1. The average Bonchev–Trinajstić information content (AvgIpc) is 2.41. The van der Waals surface area contributed by atoms with Crippen molar-refractivity contribution in [3.05, 3.63) is 28.0 Å². The molecule has 1 fully saturated rings. The SMILES string of the molecule is CC(=O)NCC1CCN(Cc2ccc(Cl)nc2Cl)CC1. The number of aromatic nitrogens is 1. The predicted molar refractivity (Wildman–Crippen MR) is 80.9 cm³/mol. The Kier molecular flexibility index (Phi) is 5.64. The van der Waals surface area contributed by atoms with Gasteiger partial charge in [-0.3, -0.25) is 9.69 Å². The van der Waals surface area contributed by atoms with E-state index in [0.717, 1.165) is 44.6 Å². The number of hydrogen-bond acceptors (Lipinski definition) is 3. The molecule has 1 aromatic heterocycles. The van der Waals surface area contributed by atoms with Crippen LogP contribution in [0.1, 0.15) is 25.3 Å². The van der Waals surface area contributed by atoms with Gasteiger partial charge in [-0.05, 0) is 37.9 Å². The van der Waals surface area contributed by atoms with Crippen molar-refractivity contribution in [3.63, 3.8) is 0 Å². The molecule has 1 aliphatic rings. The maximum Gasteiger partial charge on any atom is 0.216 e. The lowest BCUT2D eigenvalue weighted by atomic mass is 9.96. The Morgan fingerprint density at radius 3 is 2.70 bits per heavy atom. The van der Waals surface area contributed by atoms with E-state index in [1.807, 2.05) is 6.07 Å². The summed E-state index contributed by atoms with van der Waals surface area (Å²) in [6.07, 6.45) is 2.19. The lowest BCUT2D eigenvalue weighted by molar-refractivity contribution is -0.119. The number of nitrogens with zero attached hydrogens (tertiary/aromatic N) is 2. The first kappa shape index (κ1) is 15.5. The molecule has 0 radical (unpaired) electrons. The fourth-order valence-corrected chi connectivity index (χ4v) is 2.84. The van der Waals surface area contributed by atoms with Crippen LogP contribution in [-0.4, -0.2) is 35.4 Å². The number of rotatable bonds is 4. The van der Waals surface area contributed by atoms with Crippen molar-refractivity contribution >= 4 is 29.1 Å². The number of nitrogens with one attached hydrogen (secondary N) is 1. The van der Waals surface area contributed by atoms with Crippen molar-refractivity contribution in [1.29, 1.82) is 0 Å². The highest BCUT2D eigenvalue weighted by Gasteiger charge is 2.20. The van der Waals surface area contributed by atoms with E-state index in [-0.39, 0.29) is 5.91 Å². The third-order valence-electron chi connectivity index (χ3n) is 3.63. The van der Waals surface area contributed by atoms with Crippen LogP contribution in [0.5, 0.6) is 0 Å². The smallest absolute Gasteiger partial charge is 0.216 e. The van der Waals surface area contributed by atoms with Crippen molar-refractivity contribution in [2.24, 2.45) is 5.92 Å². The molecule has 6 heteroatoms. The summed E-state index contributed by atoms with van der Waals surface area (Å²) in [5.41, 5.74) is 1.01. The summed E-state index contributed by atoms with van der Waals surface area (Å²) in [7, 11) is 0. The molecule has 0 aromatic carbocycles. The fraction of sp³-hybridized carbons (Fsp3) is 0.571. The van der Waals surface area contributed by atoms with E-state index < -0.39 is 0 Å². The van der Waals surface area contributed by atoms with E-state index in [2.05, 4.69) is 15.2 Å². The van der Waals surface area contributed by atoms with Crippen LogP contribution in [0.25, 0.3) is 0 Å². The molecule has 0 spiro atoms. The van der Waals surface area contributed by atoms with Crippen LogP contribution in [0.3, 0.4) is 0 Å². The van der Waals surface area contributed by atoms with Gasteiger partial charge >= 0.3 is 0 Å². The summed E-state index contributed by atoms with van der Waals surface area (Å²) < 4.78 is 0. The minimum atomic E-state index is 0.0476. The number of carbonyl (C=O) groups excluding carboxylic acids is 1. The second-order valence-corrected chi connectivity index (χ2v) is 5.99. The number of likely N-dealkylation sites (tertiary alicyclic amines) is 1. The van der Waals surface area contributed by atoms with Crippen LogP contribution in [-0.2, 0) is 11.3 Å². The van der Waals surface area contributed by atoms with E-state index in [1.165, 1.54) is 0 Å². The lowest BCUT2D eigenvalue weighted by Gasteiger charge is -2.32. The van der Waals surface area contributed by atoms with Crippen LogP contribution in [0.2, 0.25) is 10.3 Å². The molecular formula is C14H19Cl2N3O. The van der Waals surface area contributed by atoms with E-state index >= 15 is 0 Å². The maximum absolute atomic E-state index is 10.9. The number of pyridine rings is 1. The van der Waals surface area contributed by atoms with Gasteiger partial charge in [0.15, 0.2) is 0 Å². The van der Waals surface area contributed by atoms with Gasteiger partial charge in [-0.1, -0.05) is 29.3 Å². The van der Waals surface area contributed by atoms with Gasteiger partial charge in [0.1, 0.15) is 10.3 Å². The summed E-state index contributed by atoms with van der Waals surface area (Å²) in [4.78, 5) is 17.3. The van der Waals surface area contributed by atoms with Crippen molar-refractivity contribution in [1.82, 2.24) is 15.2 Å². The normalized spacial score (nSPS) is 17.1. The Balaban J connectivity index is 1.80. The molecule has 1 saturated heterocycles. The first-order valence-corrected chi connectivity index (χ1v) is 7.58. The Morgan fingerprint density at radius 2 is 2.10 bits per heavy atom. The topological polar surface area (TPSA) is 45.2 Å². The lowest BCUT2D eigenvalue weighted by Crippen LogP contribution is -2.37. The summed E-state index contributed by atoms with van der Waals surface area (Å²) in [5.74, 6) is 0.625. The van der Waals surface area contributed by atoms with Gasteiger partial charge < -0.3 is 5.32 Å². The Labute approximate surface area is 129 Å². The van der Waals surface area contributed by atoms with Crippen LogP contribution in [0, 0.1) is 5.92 Å². The maximum atomic E-state index is 10.9. The number of carbonyl (C=O) groups is 1. The van der Waals surface area contributed by atoms with Gasteiger partial charge in [-0.25, -0.2) is 4.98 Å². The first-order chi connectivity index (χ1) is 9.54. The average molecular weight is 316 g/mol. The molecule has 2 heterocycles. The second kappa shape index (κ2) is 7.25. The van der Waals surface area contributed by atoms with Gasteiger partial charge in [0.2, 0.25) is 5.91 Å². The molecule has 1 aromatic rings. The summed E-state index contributed by atoms with van der Waals surface area (Å²) in [6.45, 7) is 5.18.